The monoisotopic (exact) mass is 520 g/mol. The molecule has 3 aromatic heterocycles. The molecule has 0 bridgehead atoms. The molecule has 12 heteroatoms. The van der Waals surface area contributed by atoms with Gasteiger partial charge in [-0.15, -0.1) is 0 Å². The van der Waals surface area contributed by atoms with Crippen LogP contribution in [0.25, 0.3) is 10.9 Å². The predicted octanol–water partition coefficient (Wildman–Crippen LogP) is 2.86. The summed E-state index contributed by atoms with van der Waals surface area (Å²) in [4.78, 5) is 32.3. The molecule has 0 fully saturated rings. The number of non-ortho nitro benzene ring substituents is 1. The van der Waals surface area contributed by atoms with E-state index in [9.17, 15) is 23.3 Å². The molecule has 1 aliphatic heterocycles. The van der Waals surface area contributed by atoms with Gasteiger partial charge in [0, 0.05) is 62.4 Å². The Morgan fingerprint density at radius 1 is 1.19 bits per heavy atom. The maximum atomic E-state index is 13.5. The number of nitrogens with one attached hydrogen (secondary N) is 1. The first-order chi connectivity index (χ1) is 17.7. The van der Waals surface area contributed by atoms with Crippen molar-refractivity contribution in [1.29, 1.82) is 0 Å². The molecule has 0 atom stereocenters. The fourth-order valence-corrected chi connectivity index (χ4v) is 6.32. The lowest BCUT2D eigenvalue weighted by Gasteiger charge is -2.27. The second kappa shape index (κ2) is 9.37. The molecule has 4 heterocycles. The summed E-state index contributed by atoms with van der Waals surface area (Å²) in [5, 5.41) is 14.7. The Kier molecular flexibility index (Phi) is 6.21. The summed E-state index contributed by atoms with van der Waals surface area (Å²) >= 11 is 0. The van der Waals surface area contributed by atoms with Crippen LogP contribution in [0, 0.1) is 17.0 Å². The second-order valence-corrected chi connectivity index (χ2v) is 10.8. The van der Waals surface area contributed by atoms with Crippen molar-refractivity contribution in [1.82, 2.24) is 24.2 Å². The van der Waals surface area contributed by atoms with Crippen molar-refractivity contribution >= 4 is 32.5 Å². The van der Waals surface area contributed by atoms with Gasteiger partial charge in [-0.25, -0.2) is 13.4 Å². The Balaban J connectivity index is 1.39. The Bertz CT molecular complexity index is 1660. The van der Waals surface area contributed by atoms with Crippen molar-refractivity contribution in [3.63, 3.8) is 0 Å². The zero-order valence-electron chi connectivity index (χ0n) is 20.2. The first kappa shape index (κ1) is 24.5. The number of benzene rings is 1. The van der Waals surface area contributed by atoms with Crippen LogP contribution < -0.4 is 5.32 Å². The molecule has 0 aliphatic carbocycles. The molecular formula is C25H24N6O5S. The number of hydrogen-bond donors (Lipinski definition) is 1. The van der Waals surface area contributed by atoms with Gasteiger partial charge < -0.3 is 9.88 Å². The van der Waals surface area contributed by atoms with E-state index in [4.69, 9.17) is 0 Å². The lowest BCUT2D eigenvalue weighted by atomic mass is 10.0. The van der Waals surface area contributed by atoms with Crippen molar-refractivity contribution in [2.24, 2.45) is 7.05 Å². The molecule has 0 unspecified atom stereocenters. The van der Waals surface area contributed by atoms with Crippen LogP contribution >= 0.6 is 0 Å². The summed E-state index contributed by atoms with van der Waals surface area (Å²) in [6.07, 6.45) is 5.46. The van der Waals surface area contributed by atoms with Crippen molar-refractivity contribution in [2.45, 2.75) is 31.3 Å². The van der Waals surface area contributed by atoms with Crippen LogP contribution in [0.2, 0.25) is 0 Å². The van der Waals surface area contributed by atoms with Crippen LogP contribution in [0.15, 0.2) is 59.9 Å². The first-order valence-electron chi connectivity index (χ1n) is 11.6. The molecular weight excluding hydrogens is 496 g/mol. The summed E-state index contributed by atoms with van der Waals surface area (Å²) in [7, 11) is -2.19. The predicted molar refractivity (Wildman–Crippen MR) is 135 cm³/mol. The van der Waals surface area contributed by atoms with E-state index in [-0.39, 0.29) is 34.9 Å². The molecule has 0 spiro atoms. The van der Waals surface area contributed by atoms with Crippen molar-refractivity contribution in [3.05, 3.63) is 93.2 Å². The fourth-order valence-electron chi connectivity index (χ4n) is 4.63. The molecule has 190 valence electrons. The standard InChI is InChI=1S/C25H24N6O5S/c1-16-23(37(35,36)30-11-8-17-13-26-10-7-19(17)15-30)12-22(29(16)2)25(32)28-14-18-5-6-21(31(33)34)24-20(18)4-3-9-27-24/h3-7,9-10,12-13H,8,11,14-15H2,1-2H3,(H,28,32). The van der Waals surface area contributed by atoms with E-state index in [2.05, 4.69) is 15.3 Å². The molecule has 1 amide bonds. The highest BCUT2D eigenvalue weighted by atomic mass is 32.2. The third-order valence-electron chi connectivity index (χ3n) is 6.80. The molecule has 4 aromatic rings. The maximum absolute atomic E-state index is 13.5. The summed E-state index contributed by atoms with van der Waals surface area (Å²) in [5.41, 5.74) is 3.38. The van der Waals surface area contributed by atoms with Gasteiger partial charge in [0.25, 0.3) is 11.6 Å². The average Bonchev–Trinajstić information content (AvgIpc) is 3.21. The largest absolute Gasteiger partial charge is 0.347 e. The number of nitro groups is 1. The number of rotatable bonds is 6. The number of hydrogen-bond acceptors (Lipinski definition) is 7. The van der Waals surface area contributed by atoms with E-state index < -0.39 is 20.9 Å². The van der Waals surface area contributed by atoms with Crippen molar-refractivity contribution in [3.8, 4) is 0 Å². The molecule has 11 nitrogen and oxygen atoms in total. The minimum atomic E-state index is -3.84. The lowest BCUT2D eigenvalue weighted by molar-refractivity contribution is -0.383. The fraction of sp³-hybridized carbons (Fsp3) is 0.240. The topological polar surface area (TPSA) is 140 Å². The SMILES string of the molecule is Cc1c(S(=O)(=O)N2CCc3cnccc3C2)cc(C(=O)NCc2ccc([N+](=O)[O-])c3ncccc23)n1C. The zero-order valence-corrected chi connectivity index (χ0v) is 21.0. The molecule has 0 saturated heterocycles. The molecule has 1 N–H and O–H groups in total. The van der Waals surface area contributed by atoms with Gasteiger partial charge in [-0.3, -0.25) is 19.9 Å². The third kappa shape index (κ3) is 4.34. The van der Waals surface area contributed by atoms with E-state index in [0.29, 0.717) is 29.6 Å². The van der Waals surface area contributed by atoms with Gasteiger partial charge in [0.05, 0.1) is 4.92 Å². The van der Waals surface area contributed by atoms with Gasteiger partial charge in [0.2, 0.25) is 10.0 Å². The highest BCUT2D eigenvalue weighted by molar-refractivity contribution is 7.89. The van der Waals surface area contributed by atoms with Crippen LogP contribution in [0.1, 0.15) is 32.9 Å². The van der Waals surface area contributed by atoms with E-state index in [1.54, 1.807) is 49.1 Å². The third-order valence-corrected chi connectivity index (χ3v) is 8.76. The summed E-state index contributed by atoms with van der Waals surface area (Å²) < 4.78 is 30.0. The second-order valence-electron chi connectivity index (χ2n) is 8.85. The number of carbonyl (C=O) groups excluding carboxylic acids is 1. The molecule has 0 radical (unpaired) electrons. The molecule has 1 aliphatic rings. The summed E-state index contributed by atoms with van der Waals surface area (Å²) in [6.45, 7) is 2.33. The van der Waals surface area contributed by atoms with E-state index in [0.717, 1.165) is 11.1 Å². The minimum absolute atomic E-state index is 0.0856. The van der Waals surface area contributed by atoms with E-state index >= 15 is 0 Å². The van der Waals surface area contributed by atoms with Gasteiger partial charge in [0.1, 0.15) is 16.1 Å². The van der Waals surface area contributed by atoms with Gasteiger partial charge in [0.15, 0.2) is 0 Å². The van der Waals surface area contributed by atoms with Crippen molar-refractivity contribution in [2.75, 3.05) is 6.54 Å². The number of carbonyl (C=O) groups is 1. The first-order valence-corrected chi connectivity index (χ1v) is 13.0. The smallest absolute Gasteiger partial charge is 0.295 e. The van der Waals surface area contributed by atoms with Crippen LogP contribution in [0.4, 0.5) is 5.69 Å². The van der Waals surface area contributed by atoms with E-state index in [1.165, 1.54) is 22.6 Å². The Hall–Kier alpha value is -4.16. The quantitative estimate of drug-likeness (QED) is 0.304. The Labute approximate surface area is 213 Å². The summed E-state index contributed by atoms with van der Waals surface area (Å²) in [6, 6.07) is 9.55. The Morgan fingerprint density at radius 2 is 2.00 bits per heavy atom. The van der Waals surface area contributed by atoms with Crippen LogP contribution in [-0.2, 0) is 36.6 Å². The number of pyridine rings is 2. The molecule has 0 saturated carbocycles. The lowest BCUT2D eigenvalue weighted by Crippen LogP contribution is -2.36. The molecule has 1 aromatic carbocycles. The minimum Gasteiger partial charge on any atom is -0.347 e. The van der Waals surface area contributed by atoms with Gasteiger partial charge in [-0.1, -0.05) is 6.07 Å². The molecule has 5 rings (SSSR count). The number of nitro benzene ring substituents is 1. The van der Waals surface area contributed by atoms with Gasteiger partial charge in [-0.2, -0.15) is 4.31 Å². The number of sulfonamides is 1. The highest BCUT2D eigenvalue weighted by Gasteiger charge is 2.32. The zero-order chi connectivity index (χ0) is 26.3. The number of aromatic nitrogens is 3. The van der Waals surface area contributed by atoms with Gasteiger partial charge >= 0.3 is 0 Å². The van der Waals surface area contributed by atoms with Crippen LogP contribution in [0.3, 0.4) is 0 Å². The van der Waals surface area contributed by atoms with Gasteiger partial charge in [-0.05, 0) is 54.3 Å². The maximum Gasteiger partial charge on any atom is 0.295 e. The number of nitrogens with zero attached hydrogens (tertiary/aromatic N) is 5. The van der Waals surface area contributed by atoms with Crippen molar-refractivity contribution < 1.29 is 18.1 Å². The normalized spacial score (nSPS) is 13.9. The van der Waals surface area contributed by atoms with Crippen LogP contribution in [0.5, 0.6) is 0 Å². The highest BCUT2D eigenvalue weighted by Crippen LogP contribution is 2.29. The van der Waals surface area contributed by atoms with E-state index in [1.807, 2.05) is 6.07 Å². The molecule has 37 heavy (non-hydrogen) atoms. The Morgan fingerprint density at radius 3 is 2.78 bits per heavy atom. The van der Waals surface area contributed by atoms with Crippen LogP contribution in [-0.4, -0.2) is 44.6 Å². The average molecular weight is 521 g/mol. The number of fused-ring (bicyclic) bond motifs is 2. The number of amides is 1. The summed E-state index contributed by atoms with van der Waals surface area (Å²) in [5.74, 6) is -0.461.